The number of ether oxygens (including phenoxy) is 1. The molecular weight excluding hydrogens is 176 g/mol. The zero-order chi connectivity index (χ0) is 10.6. The quantitative estimate of drug-likeness (QED) is 0.632. The lowest BCUT2D eigenvalue weighted by Crippen LogP contribution is -2.33. The standard InChI is InChI=1S/C12H18O2/c1-12(2,11(13)14-3)10-8-6-4-5-7-9-10/h4-6,8,10H,7,9H2,1-3H3. The zero-order valence-electron chi connectivity index (χ0n) is 9.12. The molecule has 1 aliphatic rings. The van der Waals surface area contributed by atoms with Crippen molar-refractivity contribution in [1.82, 2.24) is 0 Å². The molecule has 2 nitrogen and oxygen atoms in total. The minimum atomic E-state index is -0.419. The number of allylic oxidation sites excluding steroid dienone is 4. The van der Waals surface area contributed by atoms with E-state index in [9.17, 15) is 4.79 Å². The Hall–Kier alpha value is -1.05. The summed E-state index contributed by atoms with van der Waals surface area (Å²) in [5.41, 5.74) is -0.419. The van der Waals surface area contributed by atoms with E-state index in [2.05, 4.69) is 12.2 Å². The van der Waals surface area contributed by atoms with Crippen molar-refractivity contribution in [1.29, 1.82) is 0 Å². The van der Waals surface area contributed by atoms with Gasteiger partial charge in [0.25, 0.3) is 0 Å². The smallest absolute Gasteiger partial charge is 0.311 e. The topological polar surface area (TPSA) is 26.3 Å². The fraction of sp³-hybridized carbons (Fsp3) is 0.583. The summed E-state index contributed by atoms with van der Waals surface area (Å²) in [7, 11) is 1.45. The van der Waals surface area contributed by atoms with Gasteiger partial charge < -0.3 is 4.74 Å². The summed E-state index contributed by atoms with van der Waals surface area (Å²) < 4.78 is 4.82. The van der Waals surface area contributed by atoms with Crippen LogP contribution < -0.4 is 0 Å². The number of esters is 1. The second-order valence-corrected chi connectivity index (χ2v) is 4.21. The van der Waals surface area contributed by atoms with Crippen LogP contribution in [0.15, 0.2) is 24.3 Å². The highest BCUT2D eigenvalue weighted by Gasteiger charge is 2.35. The van der Waals surface area contributed by atoms with Crippen molar-refractivity contribution in [3.8, 4) is 0 Å². The van der Waals surface area contributed by atoms with Crippen LogP contribution in [-0.4, -0.2) is 13.1 Å². The van der Waals surface area contributed by atoms with Crippen LogP contribution in [0.1, 0.15) is 26.7 Å². The van der Waals surface area contributed by atoms with Crippen molar-refractivity contribution in [3.05, 3.63) is 24.3 Å². The summed E-state index contributed by atoms with van der Waals surface area (Å²) in [4.78, 5) is 11.6. The summed E-state index contributed by atoms with van der Waals surface area (Å²) >= 11 is 0. The van der Waals surface area contributed by atoms with Crippen LogP contribution in [0, 0.1) is 11.3 Å². The molecule has 0 saturated carbocycles. The molecule has 1 aliphatic carbocycles. The lowest BCUT2D eigenvalue weighted by molar-refractivity contribution is -0.153. The summed E-state index contributed by atoms with van der Waals surface area (Å²) in [6.45, 7) is 3.89. The Balaban J connectivity index is 2.76. The molecule has 0 saturated heterocycles. The van der Waals surface area contributed by atoms with Crippen molar-refractivity contribution in [2.24, 2.45) is 11.3 Å². The van der Waals surface area contributed by atoms with Gasteiger partial charge in [-0.05, 0) is 32.6 Å². The Kier molecular flexibility index (Phi) is 3.50. The SMILES string of the molecule is COC(=O)C(C)(C)C1C=CC=CCC1. The van der Waals surface area contributed by atoms with Gasteiger partial charge in [0.2, 0.25) is 0 Å². The molecule has 0 fully saturated rings. The van der Waals surface area contributed by atoms with Crippen LogP contribution >= 0.6 is 0 Å². The molecule has 0 aliphatic heterocycles. The van der Waals surface area contributed by atoms with Gasteiger partial charge in [-0.1, -0.05) is 24.3 Å². The summed E-state index contributed by atoms with van der Waals surface area (Å²) in [5.74, 6) is 0.138. The van der Waals surface area contributed by atoms with Crippen LogP contribution in [0.25, 0.3) is 0 Å². The third kappa shape index (κ3) is 2.25. The van der Waals surface area contributed by atoms with Crippen LogP contribution in [-0.2, 0) is 9.53 Å². The molecule has 78 valence electrons. The fourth-order valence-corrected chi connectivity index (χ4v) is 1.76. The lowest BCUT2D eigenvalue weighted by atomic mass is 9.76. The third-order valence-electron chi connectivity index (χ3n) is 2.87. The number of carbonyl (C=O) groups is 1. The Morgan fingerprint density at radius 1 is 1.43 bits per heavy atom. The van der Waals surface area contributed by atoms with Crippen molar-refractivity contribution >= 4 is 5.97 Å². The van der Waals surface area contributed by atoms with Gasteiger partial charge in [-0.15, -0.1) is 0 Å². The van der Waals surface area contributed by atoms with Crippen molar-refractivity contribution in [3.63, 3.8) is 0 Å². The van der Waals surface area contributed by atoms with Gasteiger partial charge in [-0.2, -0.15) is 0 Å². The van der Waals surface area contributed by atoms with E-state index in [1.54, 1.807) is 0 Å². The second kappa shape index (κ2) is 4.45. The molecule has 1 unspecified atom stereocenters. The molecule has 1 atom stereocenters. The Morgan fingerprint density at radius 3 is 2.79 bits per heavy atom. The number of hydrogen-bond donors (Lipinski definition) is 0. The first kappa shape index (κ1) is 11.0. The minimum Gasteiger partial charge on any atom is -0.469 e. The average molecular weight is 194 g/mol. The maximum absolute atomic E-state index is 11.6. The monoisotopic (exact) mass is 194 g/mol. The molecule has 2 heteroatoms. The molecule has 14 heavy (non-hydrogen) atoms. The highest BCUT2D eigenvalue weighted by molar-refractivity contribution is 5.76. The number of hydrogen-bond acceptors (Lipinski definition) is 2. The maximum atomic E-state index is 11.6. The van der Waals surface area contributed by atoms with Crippen LogP contribution in [0.3, 0.4) is 0 Å². The number of methoxy groups -OCH3 is 1. The first-order valence-electron chi connectivity index (χ1n) is 5.01. The fourth-order valence-electron chi connectivity index (χ4n) is 1.76. The van der Waals surface area contributed by atoms with Crippen molar-refractivity contribution in [2.45, 2.75) is 26.7 Å². The first-order valence-corrected chi connectivity index (χ1v) is 5.01. The molecule has 0 heterocycles. The van der Waals surface area contributed by atoms with Gasteiger partial charge in [0.05, 0.1) is 12.5 Å². The summed E-state index contributed by atoms with van der Waals surface area (Å²) in [6, 6.07) is 0. The molecule has 0 radical (unpaired) electrons. The molecule has 0 N–H and O–H groups in total. The van der Waals surface area contributed by atoms with E-state index in [1.165, 1.54) is 7.11 Å². The van der Waals surface area contributed by atoms with E-state index in [4.69, 9.17) is 4.74 Å². The molecule has 0 spiro atoms. The van der Waals surface area contributed by atoms with Gasteiger partial charge in [-0.3, -0.25) is 4.79 Å². The number of carbonyl (C=O) groups excluding carboxylic acids is 1. The summed E-state index contributed by atoms with van der Waals surface area (Å²) in [6.07, 6.45) is 10.3. The Labute approximate surface area is 85.6 Å². The van der Waals surface area contributed by atoms with E-state index < -0.39 is 5.41 Å². The minimum absolute atomic E-state index is 0.131. The van der Waals surface area contributed by atoms with E-state index in [1.807, 2.05) is 26.0 Å². The van der Waals surface area contributed by atoms with Crippen molar-refractivity contribution in [2.75, 3.05) is 7.11 Å². The predicted octanol–water partition coefficient (Wildman–Crippen LogP) is 2.71. The highest BCUT2D eigenvalue weighted by Crippen LogP contribution is 2.33. The normalized spacial score (nSPS) is 21.8. The Bertz CT molecular complexity index is 261. The molecule has 0 bridgehead atoms. The first-order chi connectivity index (χ1) is 6.59. The molecular formula is C12H18O2. The molecule has 0 aromatic rings. The van der Waals surface area contributed by atoms with Gasteiger partial charge in [-0.25, -0.2) is 0 Å². The largest absolute Gasteiger partial charge is 0.469 e. The maximum Gasteiger partial charge on any atom is 0.311 e. The van der Waals surface area contributed by atoms with Crippen LogP contribution in [0.4, 0.5) is 0 Å². The van der Waals surface area contributed by atoms with Gasteiger partial charge in [0.15, 0.2) is 0 Å². The highest BCUT2D eigenvalue weighted by atomic mass is 16.5. The predicted molar refractivity (Wildman–Crippen MR) is 56.8 cm³/mol. The summed E-state index contributed by atoms with van der Waals surface area (Å²) in [5, 5.41) is 0. The van der Waals surface area contributed by atoms with Gasteiger partial charge in [0, 0.05) is 0 Å². The zero-order valence-corrected chi connectivity index (χ0v) is 9.12. The van der Waals surface area contributed by atoms with Crippen molar-refractivity contribution < 1.29 is 9.53 Å². The van der Waals surface area contributed by atoms with E-state index in [0.717, 1.165) is 12.8 Å². The van der Waals surface area contributed by atoms with E-state index in [-0.39, 0.29) is 11.9 Å². The van der Waals surface area contributed by atoms with Gasteiger partial charge in [0.1, 0.15) is 0 Å². The van der Waals surface area contributed by atoms with E-state index >= 15 is 0 Å². The Morgan fingerprint density at radius 2 is 2.14 bits per heavy atom. The lowest BCUT2D eigenvalue weighted by Gasteiger charge is -2.28. The van der Waals surface area contributed by atoms with Crippen LogP contribution in [0.5, 0.6) is 0 Å². The van der Waals surface area contributed by atoms with Crippen LogP contribution in [0.2, 0.25) is 0 Å². The third-order valence-corrected chi connectivity index (χ3v) is 2.87. The molecule has 1 rings (SSSR count). The second-order valence-electron chi connectivity index (χ2n) is 4.21. The van der Waals surface area contributed by atoms with Gasteiger partial charge >= 0.3 is 5.97 Å². The molecule has 0 aromatic heterocycles. The number of rotatable bonds is 2. The van der Waals surface area contributed by atoms with E-state index in [0.29, 0.717) is 0 Å². The molecule has 0 amide bonds. The molecule has 0 aromatic carbocycles. The average Bonchev–Trinajstić information content (AvgIpc) is 2.44.